The topological polar surface area (TPSA) is 73.5 Å². The van der Waals surface area contributed by atoms with Crippen LogP contribution in [0, 0.1) is 0 Å². The van der Waals surface area contributed by atoms with Gasteiger partial charge >= 0.3 is 0 Å². The van der Waals surface area contributed by atoms with Gasteiger partial charge in [-0.05, 0) is 49.5 Å². The van der Waals surface area contributed by atoms with Crippen molar-refractivity contribution in [2.24, 2.45) is 0 Å². The molecule has 3 aliphatic rings. The number of carbonyl (C=O) groups excluding carboxylic acids is 1. The van der Waals surface area contributed by atoms with Crippen LogP contribution in [-0.2, 0) is 6.54 Å². The molecule has 7 heteroatoms. The highest BCUT2D eigenvalue weighted by Gasteiger charge is 2.41. The zero-order valence-electron chi connectivity index (χ0n) is 19.2. The summed E-state index contributed by atoms with van der Waals surface area (Å²) in [6, 6.07) is 8.27. The Labute approximate surface area is 194 Å². The Morgan fingerprint density at radius 1 is 1.09 bits per heavy atom. The molecule has 0 unspecified atom stereocenters. The standard InChI is InChI=1S/C26H31N5O2/c1-30-8-10-31(11-9-30)17-18-12-21-22(16-29-25(21)28-15-18)19-2-3-20-23(32)14-26(33-24(20)13-19)4-6-27-7-5-26/h2-3,12-13,15-16,27H,4-11,14,17H2,1H3,(H,28,29). The zero-order chi connectivity index (χ0) is 22.4. The van der Waals surface area contributed by atoms with Crippen LogP contribution in [0.4, 0.5) is 0 Å². The first-order valence-corrected chi connectivity index (χ1v) is 12.0. The maximum Gasteiger partial charge on any atom is 0.170 e. The number of benzene rings is 1. The number of hydrogen-bond acceptors (Lipinski definition) is 6. The molecule has 172 valence electrons. The van der Waals surface area contributed by atoms with Crippen LogP contribution in [0.3, 0.4) is 0 Å². The second-order valence-electron chi connectivity index (χ2n) is 9.87. The highest BCUT2D eigenvalue weighted by molar-refractivity contribution is 6.02. The highest BCUT2D eigenvalue weighted by Crippen LogP contribution is 2.41. The Kier molecular flexibility index (Phi) is 5.20. The monoisotopic (exact) mass is 445 g/mol. The van der Waals surface area contributed by atoms with Gasteiger partial charge in [-0.15, -0.1) is 0 Å². The van der Waals surface area contributed by atoms with Crippen molar-refractivity contribution in [3.63, 3.8) is 0 Å². The van der Waals surface area contributed by atoms with Gasteiger partial charge in [0, 0.05) is 68.9 Å². The van der Waals surface area contributed by atoms with Gasteiger partial charge in [0.15, 0.2) is 5.78 Å². The molecule has 3 aliphatic heterocycles. The number of likely N-dealkylation sites (N-methyl/N-ethyl adjacent to an activating group) is 1. The number of carbonyl (C=O) groups is 1. The van der Waals surface area contributed by atoms with E-state index in [-0.39, 0.29) is 11.4 Å². The van der Waals surface area contributed by atoms with E-state index in [9.17, 15) is 4.79 Å². The second-order valence-corrected chi connectivity index (χ2v) is 9.87. The summed E-state index contributed by atoms with van der Waals surface area (Å²) >= 11 is 0. The van der Waals surface area contributed by atoms with E-state index in [2.05, 4.69) is 33.2 Å². The molecule has 2 N–H and O–H groups in total. The van der Waals surface area contributed by atoms with Crippen molar-refractivity contribution in [3.05, 3.63) is 47.8 Å². The number of Topliss-reactive ketones (excluding diaryl/α,β-unsaturated/α-hetero) is 1. The van der Waals surface area contributed by atoms with Gasteiger partial charge in [-0.25, -0.2) is 4.98 Å². The van der Waals surface area contributed by atoms with E-state index >= 15 is 0 Å². The number of rotatable bonds is 3. The Morgan fingerprint density at radius 2 is 1.91 bits per heavy atom. The minimum Gasteiger partial charge on any atom is -0.486 e. The highest BCUT2D eigenvalue weighted by atomic mass is 16.5. The van der Waals surface area contributed by atoms with E-state index in [4.69, 9.17) is 9.72 Å². The Balaban J connectivity index is 1.31. The first kappa shape index (κ1) is 20.8. The van der Waals surface area contributed by atoms with Crippen molar-refractivity contribution < 1.29 is 9.53 Å². The lowest BCUT2D eigenvalue weighted by Crippen LogP contribution is -2.49. The van der Waals surface area contributed by atoms with Crippen molar-refractivity contribution in [1.82, 2.24) is 25.1 Å². The van der Waals surface area contributed by atoms with Crippen LogP contribution < -0.4 is 10.1 Å². The number of hydrogen-bond donors (Lipinski definition) is 2. The molecule has 0 bridgehead atoms. The lowest BCUT2D eigenvalue weighted by atomic mass is 9.82. The fourth-order valence-corrected chi connectivity index (χ4v) is 5.46. The maximum absolute atomic E-state index is 12.9. The number of nitrogens with zero attached hydrogens (tertiary/aromatic N) is 3. The molecule has 0 saturated carbocycles. The molecule has 33 heavy (non-hydrogen) atoms. The van der Waals surface area contributed by atoms with Crippen molar-refractivity contribution in [1.29, 1.82) is 0 Å². The predicted octanol–water partition coefficient (Wildman–Crippen LogP) is 3.06. The molecular formula is C26H31N5O2. The summed E-state index contributed by atoms with van der Waals surface area (Å²) in [6.45, 7) is 7.09. The molecule has 7 nitrogen and oxygen atoms in total. The van der Waals surface area contributed by atoms with Crippen LogP contribution in [0.25, 0.3) is 22.2 Å². The van der Waals surface area contributed by atoms with E-state index in [0.29, 0.717) is 12.0 Å². The molecule has 2 fully saturated rings. The third-order valence-electron chi connectivity index (χ3n) is 7.51. The Bertz CT molecular complexity index is 1190. The van der Waals surface area contributed by atoms with Gasteiger partial charge in [0.1, 0.15) is 17.0 Å². The van der Waals surface area contributed by atoms with Crippen LogP contribution in [0.2, 0.25) is 0 Å². The number of aromatic amines is 1. The molecule has 0 atom stereocenters. The number of pyridine rings is 1. The van der Waals surface area contributed by atoms with Gasteiger partial charge in [0.2, 0.25) is 0 Å². The number of nitrogens with one attached hydrogen (secondary N) is 2. The fraction of sp³-hybridized carbons (Fsp3) is 0.462. The number of H-pyrrole nitrogens is 1. The first-order chi connectivity index (χ1) is 16.1. The first-order valence-electron chi connectivity index (χ1n) is 12.0. The van der Waals surface area contributed by atoms with Crippen molar-refractivity contribution >= 4 is 16.8 Å². The van der Waals surface area contributed by atoms with Crippen LogP contribution in [0.15, 0.2) is 36.7 Å². The van der Waals surface area contributed by atoms with Crippen LogP contribution in [-0.4, -0.2) is 77.5 Å². The van der Waals surface area contributed by atoms with Crippen molar-refractivity contribution in [3.8, 4) is 16.9 Å². The minimum atomic E-state index is -0.356. The molecule has 2 saturated heterocycles. The second kappa shape index (κ2) is 8.24. The van der Waals surface area contributed by atoms with Gasteiger partial charge < -0.3 is 19.9 Å². The lowest BCUT2D eigenvalue weighted by Gasteiger charge is -2.41. The maximum atomic E-state index is 12.9. The quantitative estimate of drug-likeness (QED) is 0.646. The van der Waals surface area contributed by atoms with Gasteiger partial charge in [-0.2, -0.15) is 0 Å². The minimum absolute atomic E-state index is 0.194. The Morgan fingerprint density at radius 3 is 2.73 bits per heavy atom. The summed E-state index contributed by atoms with van der Waals surface area (Å²) in [6.07, 6.45) is 6.22. The zero-order valence-corrected chi connectivity index (χ0v) is 19.2. The van der Waals surface area contributed by atoms with Gasteiger partial charge in [-0.1, -0.05) is 6.07 Å². The summed E-state index contributed by atoms with van der Waals surface area (Å²) in [5, 5.41) is 4.49. The van der Waals surface area contributed by atoms with E-state index in [1.54, 1.807) is 0 Å². The molecular weight excluding hydrogens is 414 g/mol. The fourth-order valence-electron chi connectivity index (χ4n) is 5.46. The number of ketones is 1. The van der Waals surface area contributed by atoms with Gasteiger partial charge in [0.05, 0.1) is 12.0 Å². The lowest BCUT2D eigenvalue weighted by molar-refractivity contribution is 0.0188. The van der Waals surface area contributed by atoms with E-state index in [1.807, 2.05) is 30.6 Å². The SMILES string of the molecule is CN1CCN(Cc2cnc3[nH]cc(-c4ccc5c(c4)OC4(CCNCC4)CC5=O)c3c2)CC1. The summed E-state index contributed by atoms with van der Waals surface area (Å²) in [5.41, 5.74) is 4.61. The third kappa shape index (κ3) is 3.94. The molecule has 1 spiro atoms. The van der Waals surface area contributed by atoms with E-state index in [1.165, 1.54) is 5.56 Å². The third-order valence-corrected chi connectivity index (χ3v) is 7.51. The van der Waals surface area contributed by atoms with Crippen molar-refractivity contribution in [2.45, 2.75) is 31.4 Å². The molecule has 2 aromatic heterocycles. The molecule has 0 radical (unpaired) electrons. The molecule has 1 aromatic carbocycles. The van der Waals surface area contributed by atoms with Crippen LogP contribution >= 0.6 is 0 Å². The summed E-state index contributed by atoms with van der Waals surface area (Å²) < 4.78 is 6.52. The number of aromatic nitrogens is 2. The predicted molar refractivity (Wildman–Crippen MR) is 129 cm³/mol. The Hall–Kier alpha value is -2.74. The van der Waals surface area contributed by atoms with Gasteiger partial charge in [0.25, 0.3) is 0 Å². The number of ether oxygens (including phenoxy) is 1. The van der Waals surface area contributed by atoms with Gasteiger partial charge in [-0.3, -0.25) is 9.69 Å². The number of piperidine rings is 1. The molecule has 0 aliphatic carbocycles. The normalized spacial score (nSPS) is 21.3. The summed E-state index contributed by atoms with van der Waals surface area (Å²) in [7, 11) is 2.18. The largest absolute Gasteiger partial charge is 0.486 e. The summed E-state index contributed by atoms with van der Waals surface area (Å²) in [5.74, 6) is 0.918. The number of piperazine rings is 1. The van der Waals surface area contributed by atoms with E-state index < -0.39 is 0 Å². The summed E-state index contributed by atoms with van der Waals surface area (Å²) in [4.78, 5) is 25.8. The molecule has 0 amide bonds. The van der Waals surface area contributed by atoms with Crippen LogP contribution in [0.5, 0.6) is 5.75 Å². The number of fused-ring (bicyclic) bond motifs is 2. The van der Waals surface area contributed by atoms with Crippen molar-refractivity contribution in [2.75, 3.05) is 46.3 Å². The molecule has 6 rings (SSSR count). The molecule has 5 heterocycles. The molecule has 3 aromatic rings. The van der Waals surface area contributed by atoms with E-state index in [0.717, 1.165) is 86.6 Å². The average molecular weight is 446 g/mol. The van der Waals surface area contributed by atoms with Crippen LogP contribution in [0.1, 0.15) is 35.2 Å². The smallest absolute Gasteiger partial charge is 0.170 e. The average Bonchev–Trinajstić information content (AvgIpc) is 3.24.